The van der Waals surface area contributed by atoms with Crippen LogP contribution in [0.1, 0.15) is 52.5 Å². The van der Waals surface area contributed by atoms with Gasteiger partial charge in [0.1, 0.15) is 17.4 Å². The Balaban J connectivity index is 2.66. The van der Waals surface area contributed by atoms with E-state index in [4.69, 9.17) is 4.74 Å². The number of carboxylic acid groups (broad SMARTS) is 1. The lowest BCUT2D eigenvalue weighted by Gasteiger charge is -2.25. The molecular formula is C20H32N2O5. The first-order valence-electron chi connectivity index (χ1n) is 9.34. The lowest BCUT2D eigenvalue weighted by atomic mass is 10.0. The van der Waals surface area contributed by atoms with Crippen LogP contribution in [0.25, 0.3) is 0 Å². The van der Waals surface area contributed by atoms with E-state index in [0.717, 1.165) is 24.8 Å². The molecule has 1 aromatic carbocycles. The Labute approximate surface area is 161 Å². The molecule has 0 aliphatic heterocycles. The number of alkyl carbamates (subject to hydrolysis) is 1. The quantitative estimate of drug-likeness (QED) is 0.497. The fourth-order valence-corrected chi connectivity index (χ4v) is 2.55. The average Bonchev–Trinajstić information content (AvgIpc) is 2.55. The van der Waals surface area contributed by atoms with Gasteiger partial charge >= 0.3 is 12.1 Å². The number of carboxylic acids is 1. The largest absolute Gasteiger partial charge is 0.508 e. The van der Waals surface area contributed by atoms with Gasteiger partial charge in [-0.25, -0.2) is 4.79 Å². The highest BCUT2D eigenvalue weighted by atomic mass is 16.6. The van der Waals surface area contributed by atoms with E-state index < -0.39 is 23.7 Å². The first kappa shape index (κ1) is 22.8. The van der Waals surface area contributed by atoms with E-state index in [1.165, 1.54) is 12.1 Å². The Hall–Kier alpha value is -2.28. The predicted octanol–water partition coefficient (Wildman–Crippen LogP) is 3.06. The molecule has 0 aromatic heterocycles. The number of phenols is 1. The highest BCUT2D eigenvalue weighted by molar-refractivity contribution is 5.74. The third-order valence-electron chi connectivity index (χ3n) is 3.91. The van der Waals surface area contributed by atoms with Crippen molar-refractivity contribution < 1.29 is 24.5 Å². The third kappa shape index (κ3) is 9.84. The van der Waals surface area contributed by atoms with E-state index >= 15 is 0 Å². The van der Waals surface area contributed by atoms with Crippen LogP contribution in [0.15, 0.2) is 24.3 Å². The van der Waals surface area contributed by atoms with E-state index in [1.54, 1.807) is 32.9 Å². The zero-order chi connectivity index (χ0) is 20.4. The number of phenolic OH excluding ortho intramolecular Hbond substituents is 1. The highest BCUT2D eigenvalue weighted by Crippen LogP contribution is 2.12. The Kier molecular flexibility index (Phi) is 9.08. The molecule has 0 heterocycles. The predicted molar refractivity (Wildman–Crippen MR) is 104 cm³/mol. The van der Waals surface area contributed by atoms with Crippen LogP contribution in [-0.4, -0.2) is 46.5 Å². The smallest absolute Gasteiger partial charge is 0.407 e. The molecule has 27 heavy (non-hydrogen) atoms. The molecule has 0 radical (unpaired) electrons. The number of hydrogen-bond donors (Lipinski definition) is 4. The number of hydrogen-bond acceptors (Lipinski definition) is 5. The summed E-state index contributed by atoms with van der Waals surface area (Å²) in [5.41, 5.74) is 0.216. The fourth-order valence-electron chi connectivity index (χ4n) is 2.55. The molecule has 4 N–H and O–H groups in total. The van der Waals surface area contributed by atoms with Crippen molar-refractivity contribution in [3.05, 3.63) is 29.8 Å². The first-order chi connectivity index (χ1) is 12.6. The molecule has 0 fully saturated rings. The SMILES string of the molecule is CCCC[C@H](CN[C@@H](Cc1ccc(O)cc1)C(=O)O)NC(=O)OC(C)(C)C. The van der Waals surface area contributed by atoms with E-state index in [0.29, 0.717) is 6.54 Å². The number of nitrogens with one attached hydrogen (secondary N) is 2. The molecule has 0 saturated heterocycles. The molecule has 0 bridgehead atoms. The summed E-state index contributed by atoms with van der Waals surface area (Å²) in [5.74, 6) is -0.825. The summed E-state index contributed by atoms with van der Waals surface area (Å²) in [6.07, 6.45) is 2.40. The second-order valence-electron chi connectivity index (χ2n) is 7.66. The van der Waals surface area contributed by atoms with Crippen molar-refractivity contribution in [2.24, 2.45) is 0 Å². The van der Waals surface area contributed by atoms with Crippen LogP contribution in [0, 0.1) is 0 Å². The van der Waals surface area contributed by atoms with Gasteiger partial charge in [0.15, 0.2) is 0 Å². The van der Waals surface area contributed by atoms with E-state index in [1.807, 2.05) is 0 Å². The highest BCUT2D eigenvalue weighted by Gasteiger charge is 2.22. The van der Waals surface area contributed by atoms with Gasteiger partial charge in [-0.15, -0.1) is 0 Å². The van der Waals surface area contributed by atoms with Crippen LogP contribution in [0.5, 0.6) is 5.75 Å². The minimum atomic E-state index is -0.963. The summed E-state index contributed by atoms with van der Waals surface area (Å²) in [6, 6.07) is 5.44. The molecule has 152 valence electrons. The van der Waals surface area contributed by atoms with Crippen molar-refractivity contribution >= 4 is 12.1 Å². The molecule has 1 amide bonds. The van der Waals surface area contributed by atoms with Gasteiger partial charge in [-0.1, -0.05) is 31.9 Å². The monoisotopic (exact) mass is 380 g/mol. The molecule has 2 atom stereocenters. The molecule has 7 nitrogen and oxygen atoms in total. The van der Waals surface area contributed by atoms with Gasteiger partial charge in [-0.3, -0.25) is 4.79 Å². The maximum Gasteiger partial charge on any atom is 0.407 e. The topological polar surface area (TPSA) is 108 Å². The van der Waals surface area contributed by atoms with E-state index in [2.05, 4.69) is 17.6 Å². The van der Waals surface area contributed by atoms with Crippen molar-refractivity contribution in [2.45, 2.75) is 71.1 Å². The zero-order valence-electron chi connectivity index (χ0n) is 16.6. The maximum absolute atomic E-state index is 12.0. The van der Waals surface area contributed by atoms with Crippen molar-refractivity contribution in [1.82, 2.24) is 10.6 Å². The molecule has 0 unspecified atom stereocenters. The standard InChI is InChI=1S/C20H32N2O5/c1-5-6-7-15(22-19(26)27-20(2,3)4)13-21-17(18(24)25)12-14-8-10-16(23)11-9-14/h8-11,15,17,21,23H,5-7,12-13H2,1-4H3,(H,22,26)(H,24,25)/t15-,17+/m1/s1. The summed E-state index contributed by atoms with van der Waals surface area (Å²) in [7, 11) is 0. The summed E-state index contributed by atoms with van der Waals surface area (Å²) in [6.45, 7) is 7.77. The molecule has 0 spiro atoms. The van der Waals surface area contributed by atoms with Crippen molar-refractivity contribution in [3.8, 4) is 5.75 Å². The number of carbonyl (C=O) groups is 2. The number of aliphatic carboxylic acids is 1. The van der Waals surface area contributed by atoms with Crippen molar-refractivity contribution in [1.29, 1.82) is 0 Å². The first-order valence-corrected chi connectivity index (χ1v) is 9.34. The Morgan fingerprint density at radius 1 is 1.19 bits per heavy atom. The lowest BCUT2D eigenvalue weighted by molar-refractivity contribution is -0.139. The number of ether oxygens (including phenoxy) is 1. The van der Waals surface area contributed by atoms with Gasteiger partial charge in [-0.2, -0.15) is 0 Å². The normalized spacial score (nSPS) is 13.6. The third-order valence-corrected chi connectivity index (χ3v) is 3.91. The summed E-state index contributed by atoms with van der Waals surface area (Å²) in [4.78, 5) is 23.6. The minimum Gasteiger partial charge on any atom is -0.508 e. The van der Waals surface area contributed by atoms with Gasteiger partial charge < -0.3 is 25.6 Å². The molecule has 0 aliphatic carbocycles. The molecule has 0 saturated carbocycles. The molecule has 1 rings (SSSR count). The van der Waals surface area contributed by atoms with Gasteiger partial charge in [-0.05, 0) is 51.3 Å². The number of benzene rings is 1. The van der Waals surface area contributed by atoms with Crippen LogP contribution < -0.4 is 10.6 Å². The van der Waals surface area contributed by atoms with Crippen molar-refractivity contribution in [2.75, 3.05) is 6.54 Å². The van der Waals surface area contributed by atoms with Crippen LogP contribution in [0.2, 0.25) is 0 Å². The maximum atomic E-state index is 12.0. The number of unbranched alkanes of at least 4 members (excludes halogenated alkanes) is 1. The van der Waals surface area contributed by atoms with Crippen LogP contribution in [0.4, 0.5) is 4.79 Å². The number of rotatable bonds is 10. The van der Waals surface area contributed by atoms with Gasteiger partial charge in [0.2, 0.25) is 0 Å². The Bertz CT molecular complexity index is 595. The minimum absolute atomic E-state index is 0.139. The van der Waals surface area contributed by atoms with E-state index in [-0.39, 0.29) is 18.2 Å². The number of amides is 1. The van der Waals surface area contributed by atoms with Gasteiger partial charge in [0.25, 0.3) is 0 Å². The molecular weight excluding hydrogens is 348 g/mol. The van der Waals surface area contributed by atoms with Crippen LogP contribution >= 0.6 is 0 Å². The molecule has 0 aliphatic rings. The average molecular weight is 380 g/mol. The van der Waals surface area contributed by atoms with Crippen LogP contribution in [-0.2, 0) is 16.0 Å². The Morgan fingerprint density at radius 3 is 2.33 bits per heavy atom. The van der Waals surface area contributed by atoms with Gasteiger partial charge in [0, 0.05) is 12.6 Å². The molecule has 1 aromatic rings. The van der Waals surface area contributed by atoms with E-state index in [9.17, 15) is 19.8 Å². The summed E-state index contributed by atoms with van der Waals surface area (Å²) >= 11 is 0. The number of carbonyl (C=O) groups excluding carboxylic acids is 1. The van der Waals surface area contributed by atoms with Crippen molar-refractivity contribution in [3.63, 3.8) is 0 Å². The zero-order valence-corrected chi connectivity index (χ0v) is 16.6. The summed E-state index contributed by atoms with van der Waals surface area (Å²) in [5, 5.41) is 24.7. The van der Waals surface area contributed by atoms with Gasteiger partial charge in [0.05, 0.1) is 0 Å². The fraction of sp³-hybridized carbons (Fsp3) is 0.600. The second kappa shape index (κ2) is 10.8. The lowest BCUT2D eigenvalue weighted by Crippen LogP contribution is -2.48. The Morgan fingerprint density at radius 2 is 1.81 bits per heavy atom. The summed E-state index contributed by atoms with van der Waals surface area (Å²) < 4.78 is 5.29. The second-order valence-corrected chi connectivity index (χ2v) is 7.66. The van der Waals surface area contributed by atoms with Crippen LogP contribution in [0.3, 0.4) is 0 Å². The molecule has 7 heteroatoms. The number of aromatic hydroxyl groups is 1.